The van der Waals surface area contributed by atoms with Gasteiger partial charge in [0.05, 0.1) is 28.6 Å². The van der Waals surface area contributed by atoms with E-state index in [1.807, 2.05) is 6.92 Å². The first-order chi connectivity index (χ1) is 14.7. The third kappa shape index (κ3) is 4.53. The van der Waals surface area contributed by atoms with Crippen molar-refractivity contribution < 1.29 is 18.1 Å². The van der Waals surface area contributed by atoms with Gasteiger partial charge < -0.3 is 15.0 Å². The molecule has 1 aromatic carbocycles. The second-order valence-corrected chi connectivity index (χ2v) is 10.1. The molecule has 0 bridgehead atoms. The minimum Gasteiger partial charge on any atom is -0.375 e. The molecule has 1 saturated heterocycles. The van der Waals surface area contributed by atoms with Crippen molar-refractivity contribution in [2.75, 3.05) is 26.0 Å². The van der Waals surface area contributed by atoms with Gasteiger partial charge in [-0.25, -0.2) is 13.4 Å². The van der Waals surface area contributed by atoms with Gasteiger partial charge in [0.15, 0.2) is 10.7 Å². The maximum atomic E-state index is 13.4. The van der Waals surface area contributed by atoms with Crippen LogP contribution in [-0.2, 0) is 14.6 Å². The lowest BCUT2D eigenvalue weighted by molar-refractivity contribution is -0.418. The standard InChI is InChI=1S/C19H23N5O5S2/c1-12-6-4-5-7-14(12)31(27,28)15(10-20)16-17(24(25)26)18(22-19(21-16)30-3)23-8-9-29-13(2)11-23/h4-7,13,15,19,21H,8-9,11H2,1-3H3. The lowest BCUT2D eigenvalue weighted by Crippen LogP contribution is -2.50. The average Bonchev–Trinajstić information content (AvgIpc) is 2.73. The summed E-state index contributed by atoms with van der Waals surface area (Å²) in [4.78, 5) is 17.5. The number of rotatable bonds is 5. The molecule has 2 aliphatic rings. The molecule has 31 heavy (non-hydrogen) atoms. The summed E-state index contributed by atoms with van der Waals surface area (Å²) in [5, 5.41) is 23.0. The van der Waals surface area contributed by atoms with E-state index in [-0.39, 0.29) is 22.5 Å². The van der Waals surface area contributed by atoms with Crippen LogP contribution in [0, 0.1) is 28.4 Å². The summed E-state index contributed by atoms with van der Waals surface area (Å²) in [7, 11) is -4.24. The lowest BCUT2D eigenvalue weighted by atomic mass is 10.2. The third-order valence-electron chi connectivity index (χ3n) is 5.02. The Hall–Kier alpha value is -2.62. The molecule has 0 spiro atoms. The highest BCUT2D eigenvalue weighted by Gasteiger charge is 2.44. The number of ether oxygens (including phenoxy) is 1. The van der Waals surface area contributed by atoms with Crippen molar-refractivity contribution in [2.45, 2.75) is 35.6 Å². The van der Waals surface area contributed by atoms with Crippen molar-refractivity contribution in [3.8, 4) is 6.07 Å². The number of benzene rings is 1. The molecular formula is C19H23N5O5S2. The summed E-state index contributed by atoms with van der Waals surface area (Å²) in [6.07, 6.45) is 1.57. The van der Waals surface area contributed by atoms with Crippen LogP contribution >= 0.6 is 11.8 Å². The Morgan fingerprint density at radius 3 is 2.74 bits per heavy atom. The Kier molecular flexibility index (Phi) is 6.88. The van der Waals surface area contributed by atoms with Gasteiger partial charge in [-0.05, 0) is 31.7 Å². The minimum atomic E-state index is -4.24. The van der Waals surface area contributed by atoms with E-state index in [1.165, 1.54) is 17.8 Å². The number of sulfone groups is 1. The number of hydrogen-bond acceptors (Lipinski definition) is 10. The molecule has 166 valence electrons. The Bertz CT molecular complexity index is 1080. The topological polar surface area (TPSA) is 138 Å². The molecule has 1 fully saturated rings. The molecule has 0 aromatic heterocycles. The van der Waals surface area contributed by atoms with Crippen molar-refractivity contribution in [1.82, 2.24) is 10.2 Å². The number of nitriles is 1. The summed E-state index contributed by atoms with van der Waals surface area (Å²) < 4.78 is 32.3. The molecule has 1 N–H and O–H groups in total. The normalized spacial score (nSPS) is 22.9. The van der Waals surface area contributed by atoms with Crippen LogP contribution in [0.3, 0.4) is 0 Å². The van der Waals surface area contributed by atoms with Crippen molar-refractivity contribution in [1.29, 1.82) is 5.26 Å². The van der Waals surface area contributed by atoms with Crippen molar-refractivity contribution in [3.63, 3.8) is 0 Å². The number of morpholine rings is 1. The first-order valence-corrected chi connectivity index (χ1v) is 12.4. The van der Waals surface area contributed by atoms with E-state index in [2.05, 4.69) is 10.3 Å². The minimum absolute atomic E-state index is 0.0386. The van der Waals surface area contributed by atoms with Crippen LogP contribution in [-0.4, -0.2) is 66.9 Å². The molecule has 1 aromatic rings. The zero-order valence-corrected chi connectivity index (χ0v) is 18.9. The predicted octanol–water partition coefficient (Wildman–Crippen LogP) is 1.52. The van der Waals surface area contributed by atoms with Crippen LogP contribution in [0.2, 0.25) is 0 Å². The number of aliphatic imine (C=N–C) groups is 1. The van der Waals surface area contributed by atoms with Crippen molar-refractivity contribution >= 4 is 27.4 Å². The third-order valence-corrected chi connectivity index (χ3v) is 7.72. The Balaban J connectivity index is 2.17. The van der Waals surface area contributed by atoms with Gasteiger partial charge in [-0.3, -0.25) is 10.1 Å². The van der Waals surface area contributed by atoms with Crippen molar-refractivity contribution in [3.05, 3.63) is 51.3 Å². The zero-order chi connectivity index (χ0) is 22.8. The quantitative estimate of drug-likeness (QED) is 0.506. The summed E-state index contributed by atoms with van der Waals surface area (Å²) >= 11 is 1.25. The van der Waals surface area contributed by atoms with Gasteiger partial charge in [-0.2, -0.15) is 5.26 Å². The van der Waals surface area contributed by atoms with Gasteiger partial charge in [-0.15, -0.1) is 11.8 Å². The van der Waals surface area contributed by atoms with Gasteiger partial charge >= 0.3 is 5.70 Å². The highest BCUT2D eigenvalue weighted by Crippen LogP contribution is 2.29. The number of nitrogens with zero attached hydrogens (tertiary/aromatic N) is 4. The largest absolute Gasteiger partial charge is 0.375 e. The number of thioether (sulfide) groups is 1. The van der Waals surface area contributed by atoms with Crippen molar-refractivity contribution in [2.24, 2.45) is 4.99 Å². The molecule has 2 heterocycles. The van der Waals surface area contributed by atoms with Gasteiger partial charge in [-0.1, -0.05) is 18.2 Å². The number of hydrogen-bond donors (Lipinski definition) is 1. The second kappa shape index (κ2) is 9.25. The maximum absolute atomic E-state index is 13.4. The molecule has 0 radical (unpaired) electrons. The fourth-order valence-corrected chi connectivity index (χ4v) is 5.67. The average molecular weight is 466 g/mol. The molecule has 0 saturated carbocycles. The number of nitrogens with one attached hydrogen (secondary N) is 1. The van der Waals surface area contributed by atoms with Crippen LogP contribution in [0.4, 0.5) is 0 Å². The Morgan fingerprint density at radius 1 is 1.45 bits per heavy atom. The molecule has 3 rings (SSSR count). The summed E-state index contributed by atoms with van der Waals surface area (Å²) in [5.74, 6) is 0.0634. The summed E-state index contributed by atoms with van der Waals surface area (Å²) in [6.45, 7) is 4.56. The van der Waals surface area contributed by atoms with E-state index >= 15 is 0 Å². The summed E-state index contributed by atoms with van der Waals surface area (Å²) in [5.41, 5.74) is -0.976. The van der Waals surface area contributed by atoms with E-state index in [9.17, 15) is 23.8 Å². The highest BCUT2D eigenvalue weighted by atomic mass is 32.2. The summed E-state index contributed by atoms with van der Waals surface area (Å²) in [6, 6.07) is 8.03. The van der Waals surface area contributed by atoms with Crippen LogP contribution < -0.4 is 5.32 Å². The van der Waals surface area contributed by atoms with Crippen LogP contribution in [0.5, 0.6) is 0 Å². The van der Waals surface area contributed by atoms with Gasteiger partial charge in [0.1, 0.15) is 5.70 Å². The molecule has 12 heteroatoms. The maximum Gasteiger partial charge on any atom is 0.332 e. The molecule has 10 nitrogen and oxygen atoms in total. The lowest BCUT2D eigenvalue weighted by Gasteiger charge is -2.35. The fourth-order valence-electron chi connectivity index (χ4n) is 3.55. The van der Waals surface area contributed by atoms with Gasteiger partial charge in [0.25, 0.3) is 0 Å². The Labute approximate surface area is 185 Å². The molecule has 3 unspecified atom stereocenters. The molecule has 2 aliphatic heterocycles. The number of amidine groups is 1. The smallest absolute Gasteiger partial charge is 0.332 e. The van der Waals surface area contributed by atoms with Crippen LogP contribution in [0.25, 0.3) is 0 Å². The zero-order valence-electron chi connectivity index (χ0n) is 17.3. The predicted molar refractivity (Wildman–Crippen MR) is 117 cm³/mol. The molecular weight excluding hydrogens is 442 g/mol. The van der Waals surface area contributed by atoms with E-state index in [4.69, 9.17) is 4.74 Å². The van der Waals surface area contributed by atoms with E-state index < -0.39 is 31.2 Å². The first kappa shape index (κ1) is 23.1. The first-order valence-electron chi connectivity index (χ1n) is 9.52. The van der Waals surface area contributed by atoms with Gasteiger partial charge in [0, 0.05) is 13.1 Å². The fraction of sp³-hybridized carbons (Fsp3) is 0.474. The van der Waals surface area contributed by atoms with E-state index in [1.54, 1.807) is 42.3 Å². The number of nitro groups is 1. The monoisotopic (exact) mass is 465 g/mol. The SMILES string of the molecule is CSC1N=C(N2CCOC(C)C2)C([N+](=O)[O-])=C(C(C#N)S(=O)(=O)c2ccccc2C)N1. The van der Waals surface area contributed by atoms with Gasteiger partial charge in [0.2, 0.25) is 15.7 Å². The Morgan fingerprint density at radius 2 is 2.16 bits per heavy atom. The van der Waals surface area contributed by atoms with E-state index in [0.717, 1.165) is 0 Å². The van der Waals surface area contributed by atoms with Crippen LogP contribution in [0.15, 0.2) is 45.5 Å². The molecule has 0 amide bonds. The number of aryl methyl sites for hydroxylation is 1. The second-order valence-electron chi connectivity index (χ2n) is 7.15. The highest BCUT2D eigenvalue weighted by molar-refractivity contribution is 7.99. The molecule has 3 atom stereocenters. The van der Waals surface area contributed by atoms with E-state index in [0.29, 0.717) is 25.3 Å². The van der Waals surface area contributed by atoms with Crippen LogP contribution in [0.1, 0.15) is 12.5 Å². The molecule has 0 aliphatic carbocycles.